The molecule has 9 heteroatoms. The van der Waals surface area contributed by atoms with E-state index in [-0.39, 0.29) is 5.56 Å². The number of benzene rings is 1. The number of aromatic amines is 1. The maximum absolute atomic E-state index is 13.6. The van der Waals surface area contributed by atoms with Gasteiger partial charge >= 0.3 is 6.18 Å². The van der Waals surface area contributed by atoms with E-state index in [4.69, 9.17) is 5.73 Å². The molecule has 2 rings (SSSR count). The molecule has 0 unspecified atom stereocenters. The molecule has 0 saturated carbocycles. The largest absolute Gasteiger partial charge is 0.416 e. The molecule has 4 N–H and O–H groups in total. The van der Waals surface area contributed by atoms with Gasteiger partial charge in [-0.3, -0.25) is 9.89 Å². The number of nitrogens with one attached hydrogen (secondary N) is 2. The Hall–Kier alpha value is -2.42. The Morgan fingerprint density at radius 3 is 2.58 bits per heavy atom. The fourth-order valence-corrected chi connectivity index (χ4v) is 2.33. The number of halogens is 4. The summed E-state index contributed by atoms with van der Waals surface area (Å²) in [7, 11) is 0. The van der Waals surface area contributed by atoms with Gasteiger partial charge in [-0.1, -0.05) is 0 Å². The van der Waals surface area contributed by atoms with E-state index in [0.717, 1.165) is 0 Å². The van der Waals surface area contributed by atoms with Gasteiger partial charge in [-0.25, -0.2) is 4.39 Å². The first kappa shape index (κ1) is 17.9. The van der Waals surface area contributed by atoms with E-state index < -0.39 is 36.1 Å². The third-order valence-electron chi connectivity index (χ3n) is 3.60. The van der Waals surface area contributed by atoms with Crippen LogP contribution in [-0.4, -0.2) is 16.1 Å². The molecule has 0 spiro atoms. The van der Waals surface area contributed by atoms with E-state index in [1.807, 2.05) is 0 Å². The summed E-state index contributed by atoms with van der Waals surface area (Å²) in [4.78, 5) is 12.1. The van der Waals surface area contributed by atoms with Crippen molar-refractivity contribution in [2.45, 2.75) is 32.6 Å². The van der Waals surface area contributed by atoms with Crippen molar-refractivity contribution in [3.05, 3.63) is 52.1 Å². The van der Waals surface area contributed by atoms with E-state index in [1.54, 1.807) is 13.8 Å². The van der Waals surface area contributed by atoms with Crippen LogP contribution >= 0.6 is 0 Å². The van der Waals surface area contributed by atoms with Crippen molar-refractivity contribution in [2.75, 3.05) is 0 Å². The Balaban J connectivity index is 2.12. The number of aromatic nitrogens is 2. The lowest BCUT2D eigenvalue weighted by molar-refractivity contribution is -0.137. The van der Waals surface area contributed by atoms with E-state index in [9.17, 15) is 22.4 Å². The van der Waals surface area contributed by atoms with Gasteiger partial charge in [0.1, 0.15) is 11.9 Å². The SMILES string of the molecule is Cc1n[nH]c(C)c1[C@@H](N)C(=O)NCc1cc(C(F)(F)F)ccc1F. The molecule has 0 aliphatic heterocycles. The molecular formula is C15H16F4N4O. The lowest BCUT2D eigenvalue weighted by Gasteiger charge is -2.14. The van der Waals surface area contributed by atoms with Gasteiger partial charge in [0.25, 0.3) is 0 Å². The standard InChI is InChI=1S/C15H16F4N4O/c1-7-12(8(2)23-22-7)13(20)14(24)21-6-9-5-10(15(17,18)19)3-4-11(9)16/h3-5,13H,6,20H2,1-2H3,(H,21,24)(H,22,23)/t13-/m1/s1. The van der Waals surface area contributed by atoms with Crippen LogP contribution in [0.15, 0.2) is 18.2 Å². The first-order valence-electron chi connectivity index (χ1n) is 7.01. The number of alkyl halides is 3. The van der Waals surface area contributed by atoms with Gasteiger partial charge in [0.05, 0.1) is 11.3 Å². The van der Waals surface area contributed by atoms with Gasteiger partial charge in [-0.05, 0) is 32.0 Å². The highest BCUT2D eigenvalue weighted by atomic mass is 19.4. The zero-order valence-electron chi connectivity index (χ0n) is 13.0. The zero-order valence-corrected chi connectivity index (χ0v) is 13.0. The molecule has 24 heavy (non-hydrogen) atoms. The normalized spacial score (nSPS) is 13.0. The van der Waals surface area contributed by atoms with Crippen molar-refractivity contribution >= 4 is 5.91 Å². The summed E-state index contributed by atoms with van der Waals surface area (Å²) in [6, 6.07) is 0.965. The lowest BCUT2D eigenvalue weighted by Crippen LogP contribution is -2.34. The maximum Gasteiger partial charge on any atom is 0.416 e. The monoisotopic (exact) mass is 344 g/mol. The minimum absolute atomic E-state index is 0.272. The lowest BCUT2D eigenvalue weighted by atomic mass is 10.0. The highest BCUT2D eigenvalue weighted by Gasteiger charge is 2.31. The minimum Gasteiger partial charge on any atom is -0.350 e. The third kappa shape index (κ3) is 3.73. The molecule has 1 atom stereocenters. The van der Waals surface area contributed by atoms with E-state index in [0.29, 0.717) is 35.2 Å². The molecule has 1 heterocycles. The molecule has 5 nitrogen and oxygen atoms in total. The second kappa shape index (κ2) is 6.60. The smallest absolute Gasteiger partial charge is 0.350 e. The summed E-state index contributed by atoms with van der Waals surface area (Å²) >= 11 is 0. The molecule has 0 bridgehead atoms. The molecule has 1 amide bonds. The van der Waals surface area contributed by atoms with Crippen molar-refractivity contribution in [1.82, 2.24) is 15.5 Å². The van der Waals surface area contributed by atoms with Gasteiger partial charge in [0.15, 0.2) is 0 Å². The van der Waals surface area contributed by atoms with Crippen LogP contribution in [0.2, 0.25) is 0 Å². The van der Waals surface area contributed by atoms with Crippen LogP contribution in [0.5, 0.6) is 0 Å². The van der Waals surface area contributed by atoms with Gasteiger partial charge in [0.2, 0.25) is 5.91 Å². The molecule has 0 saturated heterocycles. The number of amides is 1. The topological polar surface area (TPSA) is 83.8 Å². The van der Waals surface area contributed by atoms with Gasteiger partial charge in [-0.15, -0.1) is 0 Å². The van der Waals surface area contributed by atoms with E-state index in [1.165, 1.54) is 0 Å². The van der Waals surface area contributed by atoms with Crippen LogP contribution in [0, 0.1) is 19.7 Å². The van der Waals surface area contributed by atoms with Crippen LogP contribution in [0.4, 0.5) is 17.6 Å². The summed E-state index contributed by atoms with van der Waals surface area (Å²) in [5.74, 6) is -1.48. The van der Waals surface area contributed by atoms with Crippen molar-refractivity contribution in [3.8, 4) is 0 Å². The van der Waals surface area contributed by atoms with Crippen molar-refractivity contribution in [1.29, 1.82) is 0 Å². The predicted octanol–water partition coefficient (Wildman–Crippen LogP) is 2.50. The van der Waals surface area contributed by atoms with E-state index >= 15 is 0 Å². The molecule has 1 aromatic heterocycles. The number of carbonyl (C=O) groups excluding carboxylic acids is 1. The van der Waals surface area contributed by atoms with Crippen LogP contribution in [0.1, 0.15) is 34.1 Å². The van der Waals surface area contributed by atoms with Gasteiger partial charge < -0.3 is 11.1 Å². The highest BCUT2D eigenvalue weighted by molar-refractivity contribution is 5.83. The van der Waals surface area contributed by atoms with E-state index in [2.05, 4.69) is 15.5 Å². The van der Waals surface area contributed by atoms with Crippen molar-refractivity contribution < 1.29 is 22.4 Å². The molecule has 0 aliphatic rings. The average molecular weight is 344 g/mol. The number of nitrogens with two attached hydrogens (primary N) is 1. The molecule has 0 fully saturated rings. The Bertz CT molecular complexity index is 735. The van der Waals surface area contributed by atoms with Crippen LogP contribution in [0.25, 0.3) is 0 Å². The first-order chi connectivity index (χ1) is 11.1. The molecule has 1 aromatic carbocycles. The third-order valence-corrected chi connectivity index (χ3v) is 3.60. The number of hydrogen-bond acceptors (Lipinski definition) is 3. The fourth-order valence-electron chi connectivity index (χ4n) is 2.33. The summed E-state index contributed by atoms with van der Waals surface area (Å²) < 4.78 is 51.6. The molecular weight excluding hydrogens is 328 g/mol. The Morgan fingerprint density at radius 1 is 1.38 bits per heavy atom. The minimum atomic E-state index is -4.59. The summed E-state index contributed by atoms with van der Waals surface area (Å²) in [5, 5.41) is 8.95. The van der Waals surface area contributed by atoms with Crippen molar-refractivity contribution in [3.63, 3.8) is 0 Å². The summed E-state index contributed by atoms with van der Waals surface area (Å²) in [6.45, 7) is 2.95. The number of H-pyrrole nitrogens is 1. The van der Waals surface area contributed by atoms with Crippen molar-refractivity contribution in [2.24, 2.45) is 5.73 Å². The quantitative estimate of drug-likeness (QED) is 0.745. The molecule has 2 aromatic rings. The second-order valence-electron chi connectivity index (χ2n) is 5.35. The molecule has 0 radical (unpaired) electrons. The van der Waals surface area contributed by atoms with Crippen LogP contribution in [-0.2, 0) is 17.5 Å². The van der Waals surface area contributed by atoms with Crippen LogP contribution < -0.4 is 11.1 Å². The predicted molar refractivity (Wildman–Crippen MR) is 78.2 cm³/mol. The number of rotatable bonds is 4. The van der Waals surface area contributed by atoms with Gasteiger partial charge in [0, 0.05) is 23.4 Å². The Labute approximate surface area is 135 Å². The first-order valence-corrected chi connectivity index (χ1v) is 7.01. The highest BCUT2D eigenvalue weighted by Crippen LogP contribution is 2.30. The number of hydrogen-bond donors (Lipinski definition) is 3. The summed E-state index contributed by atoms with van der Waals surface area (Å²) in [6.07, 6.45) is -4.59. The Kier molecular flexibility index (Phi) is 4.93. The van der Waals surface area contributed by atoms with Gasteiger partial charge in [-0.2, -0.15) is 18.3 Å². The second-order valence-corrected chi connectivity index (χ2v) is 5.35. The zero-order chi connectivity index (χ0) is 18.1. The Morgan fingerprint density at radius 2 is 2.04 bits per heavy atom. The fraction of sp³-hybridized carbons (Fsp3) is 0.333. The number of nitrogens with zero attached hydrogens (tertiary/aromatic N) is 1. The van der Waals surface area contributed by atoms with Crippen LogP contribution in [0.3, 0.4) is 0 Å². The molecule has 0 aliphatic carbocycles. The molecule has 130 valence electrons. The number of carbonyl (C=O) groups is 1. The maximum atomic E-state index is 13.6. The summed E-state index contributed by atoms with van der Waals surface area (Å²) in [5.41, 5.74) is 6.23. The number of aryl methyl sites for hydroxylation is 2. The average Bonchev–Trinajstić information content (AvgIpc) is 2.83.